The highest BCUT2D eigenvalue weighted by Crippen LogP contribution is 2.30. The highest BCUT2D eigenvalue weighted by atomic mass is 19.1. The summed E-state index contributed by atoms with van der Waals surface area (Å²) in [7, 11) is 0. The van der Waals surface area contributed by atoms with Crippen LogP contribution in [0.2, 0.25) is 0 Å². The zero-order valence-corrected chi connectivity index (χ0v) is 16.8. The first-order chi connectivity index (χ1) is 15.0. The molecule has 2 aliphatic rings. The van der Waals surface area contributed by atoms with Crippen molar-refractivity contribution in [3.63, 3.8) is 0 Å². The molecule has 0 bridgehead atoms. The van der Waals surface area contributed by atoms with Crippen molar-refractivity contribution in [1.82, 2.24) is 10.2 Å². The number of benzene rings is 2. The van der Waals surface area contributed by atoms with Crippen LogP contribution in [0.25, 0.3) is 0 Å². The van der Waals surface area contributed by atoms with Gasteiger partial charge in [-0.15, -0.1) is 0 Å². The van der Waals surface area contributed by atoms with Crippen molar-refractivity contribution in [3.05, 3.63) is 65.2 Å². The largest absolute Gasteiger partial charge is 0.394 e. The zero-order valence-electron chi connectivity index (χ0n) is 16.8. The fourth-order valence-corrected chi connectivity index (χ4v) is 4.32. The molecule has 1 saturated heterocycles. The smallest absolute Gasteiger partial charge is 0.319 e. The van der Waals surface area contributed by atoms with E-state index in [1.165, 1.54) is 11.1 Å². The lowest BCUT2D eigenvalue weighted by Gasteiger charge is -2.37. The quantitative estimate of drug-likeness (QED) is 0.575. The topological polar surface area (TPSA) is 94.1 Å². The van der Waals surface area contributed by atoms with Crippen LogP contribution in [0.5, 0.6) is 0 Å². The van der Waals surface area contributed by atoms with Crippen LogP contribution in [0.4, 0.5) is 19.3 Å². The minimum absolute atomic E-state index is 0.0466. The summed E-state index contributed by atoms with van der Waals surface area (Å²) in [5, 5.41) is 25.3. The number of carbonyl (C=O) groups excluding carboxylic acids is 1. The standard InChI is InChI=1S/C22H25F2N3O4/c23-15-5-6-17(16(24)9-15)26-22(30)25-10-18-20(21(29)19(12-28)31-18)27-8-7-13-3-1-2-4-14(13)11-27/h1-6,9,18-21,28-29H,7-8,10-12H2,(H2,25,26,30)/t18-,19+,20-,21-/m1/s1. The van der Waals surface area contributed by atoms with Gasteiger partial charge in [-0.05, 0) is 29.7 Å². The fraction of sp³-hybridized carbons (Fsp3) is 0.409. The molecule has 4 rings (SSSR count). The number of nitrogens with one attached hydrogen (secondary N) is 2. The summed E-state index contributed by atoms with van der Waals surface area (Å²) in [6, 6.07) is 9.86. The van der Waals surface area contributed by atoms with Crippen LogP contribution in [0.1, 0.15) is 11.1 Å². The summed E-state index contributed by atoms with van der Waals surface area (Å²) in [5.41, 5.74) is 2.29. The average Bonchev–Trinajstić information content (AvgIpc) is 3.09. The number of ether oxygens (including phenoxy) is 1. The molecule has 9 heteroatoms. The van der Waals surface area contributed by atoms with Gasteiger partial charge >= 0.3 is 6.03 Å². The summed E-state index contributed by atoms with van der Waals surface area (Å²) in [4.78, 5) is 14.3. The van der Waals surface area contributed by atoms with Crippen LogP contribution in [0.3, 0.4) is 0 Å². The van der Waals surface area contributed by atoms with E-state index in [-0.39, 0.29) is 18.8 Å². The van der Waals surface area contributed by atoms with E-state index >= 15 is 0 Å². The summed E-state index contributed by atoms with van der Waals surface area (Å²) in [6.45, 7) is 1.04. The van der Waals surface area contributed by atoms with Crippen LogP contribution < -0.4 is 10.6 Å². The molecule has 2 aliphatic heterocycles. The molecule has 2 heterocycles. The third-order valence-electron chi connectivity index (χ3n) is 5.87. The van der Waals surface area contributed by atoms with Crippen molar-refractivity contribution >= 4 is 11.7 Å². The second-order valence-electron chi connectivity index (χ2n) is 7.83. The van der Waals surface area contributed by atoms with E-state index in [1.54, 1.807) is 0 Å². The van der Waals surface area contributed by atoms with Crippen molar-refractivity contribution < 1.29 is 28.5 Å². The number of amides is 2. The maximum atomic E-state index is 13.8. The van der Waals surface area contributed by atoms with Gasteiger partial charge in [0.25, 0.3) is 0 Å². The molecule has 4 N–H and O–H groups in total. The number of rotatable bonds is 5. The molecule has 2 aromatic carbocycles. The molecule has 7 nitrogen and oxygen atoms in total. The van der Waals surface area contributed by atoms with Gasteiger partial charge in [0.2, 0.25) is 0 Å². The van der Waals surface area contributed by atoms with Crippen molar-refractivity contribution in [2.45, 2.75) is 37.3 Å². The Morgan fingerprint density at radius 1 is 1.16 bits per heavy atom. The summed E-state index contributed by atoms with van der Waals surface area (Å²) >= 11 is 0. The minimum atomic E-state index is -0.917. The van der Waals surface area contributed by atoms with E-state index in [1.807, 2.05) is 18.2 Å². The van der Waals surface area contributed by atoms with Gasteiger partial charge < -0.3 is 25.6 Å². The molecular formula is C22H25F2N3O4. The Labute approximate surface area is 178 Å². The molecule has 0 radical (unpaired) electrons. The molecule has 0 spiro atoms. The molecule has 0 unspecified atom stereocenters. The molecular weight excluding hydrogens is 408 g/mol. The van der Waals surface area contributed by atoms with Gasteiger partial charge in [-0.25, -0.2) is 13.6 Å². The molecule has 2 amide bonds. The normalized spacial score (nSPS) is 25.8. The highest BCUT2D eigenvalue weighted by Gasteiger charge is 2.46. The lowest BCUT2D eigenvalue weighted by Crippen LogP contribution is -2.52. The van der Waals surface area contributed by atoms with Crippen molar-refractivity contribution in [1.29, 1.82) is 0 Å². The summed E-state index contributed by atoms with van der Waals surface area (Å²) in [6.07, 6.45) is -1.42. The number of aliphatic hydroxyl groups excluding tert-OH is 2. The Hall–Kier alpha value is -2.59. The third kappa shape index (κ3) is 4.69. The van der Waals surface area contributed by atoms with Gasteiger partial charge in [-0.1, -0.05) is 24.3 Å². The van der Waals surface area contributed by atoms with Crippen LogP contribution in [0, 0.1) is 11.6 Å². The number of hydrogen-bond acceptors (Lipinski definition) is 5. The predicted octanol–water partition coefficient (Wildman–Crippen LogP) is 1.63. The number of hydrogen-bond donors (Lipinski definition) is 4. The number of aliphatic hydroxyl groups is 2. The molecule has 4 atom stereocenters. The van der Waals surface area contributed by atoms with Crippen molar-refractivity contribution in [2.24, 2.45) is 0 Å². The SMILES string of the molecule is O=C(NC[C@H]1O[C@@H](CO)[C@@H](O)[C@@H]1N1CCc2ccccc2C1)Nc1ccc(F)cc1F. The first kappa shape index (κ1) is 21.6. The van der Waals surface area contributed by atoms with Crippen molar-refractivity contribution in [3.8, 4) is 0 Å². The maximum Gasteiger partial charge on any atom is 0.319 e. The van der Waals surface area contributed by atoms with Crippen molar-refractivity contribution in [2.75, 3.05) is 25.0 Å². The molecule has 1 fully saturated rings. The zero-order chi connectivity index (χ0) is 22.0. The minimum Gasteiger partial charge on any atom is -0.394 e. The second kappa shape index (κ2) is 9.27. The number of anilines is 1. The van der Waals surface area contributed by atoms with Gasteiger partial charge in [0.15, 0.2) is 0 Å². The van der Waals surface area contributed by atoms with Gasteiger partial charge in [0.1, 0.15) is 23.8 Å². The van der Waals surface area contributed by atoms with E-state index in [4.69, 9.17) is 4.74 Å². The number of carbonyl (C=O) groups is 1. The second-order valence-corrected chi connectivity index (χ2v) is 7.83. The lowest BCUT2D eigenvalue weighted by atomic mass is 9.95. The van der Waals surface area contributed by atoms with E-state index in [9.17, 15) is 23.8 Å². The fourth-order valence-electron chi connectivity index (χ4n) is 4.32. The summed E-state index contributed by atoms with van der Waals surface area (Å²) < 4.78 is 32.6. The Morgan fingerprint density at radius 2 is 1.94 bits per heavy atom. The Bertz CT molecular complexity index is 945. The predicted molar refractivity (Wildman–Crippen MR) is 109 cm³/mol. The molecule has 31 heavy (non-hydrogen) atoms. The first-order valence-corrected chi connectivity index (χ1v) is 10.2. The van der Waals surface area contributed by atoms with Crippen LogP contribution in [-0.2, 0) is 17.7 Å². The molecule has 0 saturated carbocycles. The van der Waals surface area contributed by atoms with E-state index in [2.05, 4.69) is 21.6 Å². The molecule has 166 valence electrons. The number of urea groups is 1. The molecule has 2 aromatic rings. The van der Waals surface area contributed by atoms with Gasteiger partial charge in [0.05, 0.1) is 24.4 Å². The van der Waals surface area contributed by atoms with Gasteiger partial charge in [-0.3, -0.25) is 4.90 Å². The molecule has 0 aliphatic carbocycles. The van der Waals surface area contributed by atoms with Crippen LogP contribution >= 0.6 is 0 Å². The highest BCUT2D eigenvalue weighted by molar-refractivity contribution is 5.89. The van der Waals surface area contributed by atoms with E-state index < -0.39 is 42.0 Å². The Balaban J connectivity index is 1.41. The van der Waals surface area contributed by atoms with Crippen LogP contribution in [0.15, 0.2) is 42.5 Å². The number of halogens is 2. The monoisotopic (exact) mass is 433 g/mol. The molecule has 0 aromatic heterocycles. The average molecular weight is 433 g/mol. The van der Waals surface area contributed by atoms with E-state index in [0.29, 0.717) is 19.2 Å². The van der Waals surface area contributed by atoms with E-state index in [0.717, 1.165) is 18.6 Å². The third-order valence-corrected chi connectivity index (χ3v) is 5.87. The maximum absolute atomic E-state index is 13.8. The first-order valence-electron chi connectivity index (χ1n) is 10.2. The van der Waals surface area contributed by atoms with Gasteiger partial charge in [0, 0.05) is 25.7 Å². The lowest BCUT2D eigenvalue weighted by molar-refractivity contribution is -0.0205. The van der Waals surface area contributed by atoms with Crippen LogP contribution in [-0.4, -0.2) is 65.2 Å². The number of nitrogens with zero attached hydrogens (tertiary/aromatic N) is 1. The summed E-state index contributed by atoms with van der Waals surface area (Å²) in [5.74, 6) is -1.62. The van der Waals surface area contributed by atoms with Gasteiger partial charge in [-0.2, -0.15) is 0 Å². The number of fused-ring (bicyclic) bond motifs is 1. The Kier molecular flexibility index (Phi) is 6.47. The Morgan fingerprint density at radius 3 is 2.68 bits per heavy atom.